The van der Waals surface area contributed by atoms with Crippen molar-refractivity contribution in [2.75, 3.05) is 11.9 Å². The standard InChI is InChI=1S/C21H27N5/c1-16(2)20(24-19-7-5-4-6-8-19)14-23-13-18-15-26(3)25-21(18)17-9-11-22-12-10-17/h4-12,15-16,20,23-24H,13-14H2,1-3H3. The Hall–Kier alpha value is -2.66. The number of aromatic nitrogens is 3. The first-order chi connectivity index (χ1) is 12.6. The molecule has 2 N–H and O–H groups in total. The van der Waals surface area contributed by atoms with Crippen molar-refractivity contribution in [2.45, 2.75) is 26.4 Å². The van der Waals surface area contributed by atoms with Crippen molar-refractivity contribution >= 4 is 5.69 Å². The van der Waals surface area contributed by atoms with Crippen LogP contribution in [0.5, 0.6) is 0 Å². The predicted molar refractivity (Wildman–Crippen MR) is 107 cm³/mol. The first kappa shape index (κ1) is 18.1. The molecule has 2 aromatic heterocycles. The maximum Gasteiger partial charge on any atom is 0.0969 e. The molecule has 5 heteroatoms. The molecule has 2 heterocycles. The normalized spacial score (nSPS) is 12.3. The van der Waals surface area contributed by atoms with Gasteiger partial charge in [0.05, 0.1) is 5.69 Å². The van der Waals surface area contributed by atoms with Crippen LogP contribution in [-0.4, -0.2) is 27.4 Å². The average Bonchev–Trinajstić information content (AvgIpc) is 3.03. The molecule has 0 spiro atoms. The minimum atomic E-state index is 0.360. The Morgan fingerprint density at radius 2 is 1.77 bits per heavy atom. The van der Waals surface area contributed by atoms with E-state index in [9.17, 15) is 0 Å². The van der Waals surface area contributed by atoms with Gasteiger partial charge in [0, 0.05) is 61.6 Å². The van der Waals surface area contributed by atoms with Gasteiger partial charge in [0.25, 0.3) is 0 Å². The zero-order chi connectivity index (χ0) is 18.4. The second-order valence-electron chi connectivity index (χ2n) is 6.90. The number of rotatable bonds is 8. The molecule has 0 bridgehead atoms. The first-order valence-electron chi connectivity index (χ1n) is 9.08. The van der Waals surface area contributed by atoms with Gasteiger partial charge in [-0.15, -0.1) is 0 Å². The lowest BCUT2D eigenvalue weighted by molar-refractivity contribution is 0.484. The third-order valence-electron chi connectivity index (χ3n) is 4.47. The predicted octanol–water partition coefficient (Wildman–Crippen LogP) is 3.71. The Morgan fingerprint density at radius 3 is 2.46 bits per heavy atom. The van der Waals surface area contributed by atoms with Gasteiger partial charge in [-0.05, 0) is 30.2 Å². The lowest BCUT2D eigenvalue weighted by Crippen LogP contribution is -2.36. The first-order valence-corrected chi connectivity index (χ1v) is 9.08. The molecule has 0 aliphatic carbocycles. The molecular formula is C21H27N5. The molecule has 0 amide bonds. The highest BCUT2D eigenvalue weighted by Crippen LogP contribution is 2.21. The third-order valence-corrected chi connectivity index (χ3v) is 4.47. The van der Waals surface area contributed by atoms with Crippen LogP contribution >= 0.6 is 0 Å². The zero-order valence-electron chi connectivity index (χ0n) is 15.7. The van der Waals surface area contributed by atoms with Gasteiger partial charge in [-0.2, -0.15) is 5.10 Å². The summed E-state index contributed by atoms with van der Waals surface area (Å²) in [6.07, 6.45) is 5.69. The van der Waals surface area contributed by atoms with Gasteiger partial charge in [-0.1, -0.05) is 32.0 Å². The van der Waals surface area contributed by atoms with Crippen molar-refractivity contribution in [2.24, 2.45) is 13.0 Å². The van der Waals surface area contributed by atoms with Crippen LogP contribution in [0, 0.1) is 5.92 Å². The molecule has 0 aliphatic rings. The van der Waals surface area contributed by atoms with Crippen LogP contribution in [0.1, 0.15) is 19.4 Å². The molecule has 1 aromatic carbocycles. The monoisotopic (exact) mass is 349 g/mol. The maximum absolute atomic E-state index is 4.61. The van der Waals surface area contributed by atoms with Crippen molar-refractivity contribution in [3.8, 4) is 11.3 Å². The van der Waals surface area contributed by atoms with Gasteiger partial charge in [0.15, 0.2) is 0 Å². The molecule has 0 fully saturated rings. The number of benzene rings is 1. The number of hydrogen-bond acceptors (Lipinski definition) is 4. The van der Waals surface area contributed by atoms with Crippen LogP contribution in [0.4, 0.5) is 5.69 Å². The molecule has 1 atom stereocenters. The number of hydrogen-bond donors (Lipinski definition) is 2. The molecule has 3 rings (SSSR count). The number of aryl methyl sites for hydroxylation is 1. The van der Waals surface area contributed by atoms with E-state index in [0.29, 0.717) is 12.0 Å². The maximum atomic E-state index is 4.61. The fourth-order valence-corrected chi connectivity index (χ4v) is 2.98. The summed E-state index contributed by atoms with van der Waals surface area (Å²) in [5.41, 5.74) is 4.47. The second-order valence-corrected chi connectivity index (χ2v) is 6.90. The smallest absolute Gasteiger partial charge is 0.0969 e. The quantitative estimate of drug-likeness (QED) is 0.651. The minimum Gasteiger partial charge on any atom is -0.381 e. The molecule has 0 aliphatic heterocycles. The average molecular weight is 349 g/mol. The van der Waals surface area contributed by atoms with Crippen molar-refractivity contribution in [3.63, 3.8) is 0 Å². The fraction of sp³-hybridized carbons (Fsp3) is 0.333. The molecule has 3 aromatic rings. The summed E-state index contributed by atoms with van der Waals surface area (Å²) in [6.45, 7) is 6.16. The molecule has 5 nitrogen and oxygen atoms in total. The summed E-state index contributed by atoms with van der Waals surface area (Å²) >= 11 is 0. The van der Waals surface area contributed by atoms with Crippen molar-refractivity contribution in [1.82, 2.24) is 20.1 Å². The number of pyridine rings is 1. The topological polar surface area (TPSA) is 54.8 Å². The Labute approximate surface area is 155 Å². The van der Waals surface area contributed by atoms with E-state index in [2.05, 4.69) is 65.0 Å². The Balaban J connectivity index is 1.63. The van der Waals surface area contributed by atoms with Crippen LogP contribution in [0.3, 0.4) is 0 Å². The van der Waals surface area contributed by atoms with Crippen LogP contribution in [0.25, 0.3) is 11.3 Å². The molecule has 0 saturated heterocycles. The van der Waals surface area contributed by atoms with E-state index in [0.717, 1.165) is 30.0 Å². The highest BCUT2D eigenvalue weighted by Gasteiger charge is 2.14. The van der Waals surface area contributed by atoms with E-state index in [1.54, 1.807) is 12.4 Å². The van der Waals surface area contributed by atoms with Crippen LogP contribution in [0.2, 0.25) is 0 Å². The lowest BCUT2D eigenvalue weighted by Gasteiger charge is -2.24. The lowest BCUT2D eigenvalue weighted by atomic mass is 10.0. The SMILES string of the molecule is CC(C)C(CNCc1cn(C)nc1-c1ccncc1)Nc1ccccc1. The van der Waals surface area contributed by atoms with E-state index in [1.165, 1.54) is 5.56 Å². The molecule has 1 unspecified atom stereocenters. The largest absolute Gasteiger partial charge is 0.381 e. The Morgan fingerprint density at radius 1 is 1.04 bits per heavy atom. The van der Waals surface area contributed by atoms with Gasteiger partial charge < -0.3 is 10.6 Å². The Bertz CT molecular complexity index is 796. The zero-order valence-corrected chi connectivity index (χ0v) is 15.7. The van der Waals surface area contributed by atoms with Crippen molar-refractivity contribution in [1.29, 1.82) is 0 Å². The number of para-hydroxylation sites is 1. The van der Waals surface area contributed by atoms with E-state index in [4.69, 9.17) is 0 Å². The minimum absolute atomic E-state index is 0.360. The van der Waals surface area contributed by atoms with E-state index in [1.807, 2.05) is 29.9 Å². The second kappa shape index (κ2) is 8.63. The highest BCUT2D eigenvalue weighted by molar-refractivity contribution is 5.61. The number of nitrogens with zero attached hydrogens (tertiary/aromatic N) is 3. The van der Waals surface area contributed by atoms with Gasteiger partial charge in [0.1, 0.15) is 0 Å². The number of anilines is 1. The van der Waals surface area contributed by atoms with E-state index >= 15 is 0 Å². The summed E-state index contributed by atoms with van der Waals surface area (Å²) in [4.78, 5) is 4.09. The van der Waals surface area contributed by atoms with Gasteiger partial charge in [0.2, 0.25) is 0 Å². The molecule has 26 heavy (non-hydrogen) atoms. The summed E-state index contributed by atoms with van der Waals surface area (Å²) < 4.78 is 1.87. The number of nitrogens with one attached hydrogen (secondary N) is 2. The summed E-state index contributed by atoms with van der Waals surface area (Å²) in [5, 5.41) is 11.8. The molecule has 0 radical (unpaired) electrons. The highest BCUT2D eigenvalue weighted by atomic mass is 15.3. The van der Waals surface area contributed by atoms with Crippen LogP contribution in [-0.2, 0) is 13.6 Å². The molecular weight excluding hydrogens is 322 g/mol. The van der Waals surface area contributed by atoms with Gasteiger partial charge in [-0.25, -0.2) is 0 Å². The summed E-state index contributed by atoms with van der Waals surface area (Å²) in [5.74, 6) is 0.524. The fourth-order valence-electron chi connectivity index (χ4n) is 2.98. The van der Waals surface area contributed by atoms with E-state index < -0.39 is 0 Å². The van der Waals surface area contributed by atoms with Crippen LogP contribution < -0.4 is 10.6 Å². The molecule has 0 saturated carbocycles. The van der Waals surface area contributed by atoms with Gasteiger partial charge >= 0.3 is 0 Å². The van der Waals surface area contributed by atoms with Crippen LogP contribution in [0.15, 0.2) is 61.1 Å². The van der Waals surface area contributed by atoms with Gasteiger partial charge in [-0.3, -0.25) is 9.67 Å². The third kappa shape index (κ3) is 4.70. The van der Waals surface area contributed by atoms with E-state index in [-0.39, 0.29) is 0 Å². The summed E-state index contributed by atoms with van der Waals surface area (Å²) in [7, 11) is 1.96. The van der Waals surface area contributed by atoms with Crippen molar-refractivity contribution < 1.29 is 0 Å². The Kier molecular flexibility index (Phi) is 6.02. The summed E-state index contributed by atoms with van der Waals surface area (Å²) in [6, 6.07) is 14.7. The molecule has 136 valence electrons. The van der Waals surface area contributed by atoms with Crippen molar-refractivity contribution in [3.05, 3.63) is 66.6 Å².